The molecule has 47 heavy (non-hydrogen) atoms. The maximum Gasteiger partial charge on any atom is 0.338 e. The number of hydrogen-bond acceptors (Lipinski definition) is 8. The van der Waals surface area contributed by atoms with E-state index in [-0.39, 0.29) is 17.8 Å². The molecule has 5 rings (SSSR count). The van der Waals surface area contributed by atoms with Crippen LogP contribution in [0.25, 0.3) is 10.1 Å². The Morgan fingerprint density at radius 1 is 0.787 bits per heavy atom. The number of fused-ring (bicyclic) bond motifs is 1. The van der Waals surface area contributed by atoms with Crippen LogP contribution in [0.4, 0.5) is 11.4 Å². The smallest absolute Gasteiger partial charge is 0.338 e. The SMILES string of the molecule is CC.CCC(C)c1ccc(NS(=O)(=O)c2cc(Cl)c(Cl)s2)cc1.CCOC(=O)c1ccc(NS(=O)(=O)c2cc3ccccc3s2)cc1. The third kappa shape index (κ3) is 10.4. The third-order valence-electron chi connectivity index (χ3n) is 6.55. The van der Waals surface area contributed by atoms with Gasteiger partial charge in [0.2, 0.25) is 0 Å². The first kappa shape index (κ1) is 38.3. The van der Waals surface area contributed by atoms with Crippen molar-refractivity contribution in [2.45, 2.75) is 55.4 Å². The van der Waals surface area contributed by atoms with Crippen LogP contribution in [0.15, 0.2) is 93.3 Å². The summed E-state index contributed by atoms with van der Waals surface area (Å²) in [7, 11) is -7.32. The molecule has 14 heteroatoms. The minimum absolute atomic E-state index is 0.100. The predicted molar refractivity (Wildman–Crippen MR) is 197 cm³/mol. The Labute approximate surface area is 294 Å². The van der Waals surface area contributed by atoms with Gasteiger partial charge in [0.25, 0.3) is 20.0 Å². The van der Waals surface area contributed by atoms with Gasteiger partial charge in [0.15, 0.2) is 0 Å². The molecule has 0 fully saturated rings. The molecular weight excluding hydrogens is 720 g/mol. The van der Waals surface area contributed by atoms with Gasteiger partial charge in [0.05, 0.1) is 17.2 Å². The first-order chi connectivity index (χ1) is 22.3. The lowest BCUT2D eigenvalue weighted by Gasteiger charge is -2.10. The summed E-state index contributed by atoms with van der Waals surface area (Å²) < 4.78 is 60.9. The van der Waals surface area contributed by atoms with Crippen molar-refractivity contribution in [2.24, 2.45) is 0 Å². The van der Waals surface area contributed by atoms with Crippen molar-refractivity contribution in [3.05, 3.63) is 105 Å². The molecule has 2 heterocycles. The number of sulfonamides is 2. The van der Waals surface area contributed by atoms with Gasteiger partial charge in [-0.3, -0.25) is 9.44 Å². The number of anilines is 2. The molecule has 2 N–H and O–H groups in total. The molecule has 1 atom stereocenters. The van der Waals surface area contributed by atoms with Gasteiger partial charge in [-0.1, -0.05) is 81.2 Å². The average molecular weight is 756 g/mol. The molecule has 0 bridgehead atoms. The first-order valence-electron chi connectivity index (χ1n) is 14.7. The molecule has 252 valence electrons. The second kappa shape index (κ2) is 17.3. The molecule has 8 nitrogen and oxygen atoms in total. The Morgan fingerprint density at radius 3 is 1.81 bits per heavy atom. The molecule has 1 unspecified atom stereocenters. The summed E-state index contributed by atoms with van der Waals surface area (Å²) in [6.45, 7) is 10.3. The molecule has 2 aromatic heterocycles. The molecule has 3 aromatic carbocycles. The largest absolute Gasteiger partial charge is 0.462 e. The van der Waals surface area contributed by atoms with Crippen LogP contribution in [0.2, 0.25) is 9.36 Å². The summed E-state index contributed by atoms with van der Waals surface area (Å²) in [4.78, 5) is 11.6. The second-order valence-corrected chi connectivity index (χ2v) is 16.7. The minimum atomic E-state index is -3.67. The van der Waals surface area contributed by atoms with Gasteiger partial charge >= 0.3 is 5.97 Å². The van der Waals surface area contributed by atoms with Crippen LogP contribution in [0.1, 0.15) is 62.9 Å². The fourth-order valence-corrected chi connectivity index (χ4v) is 9.36. The van der Waals surface area contributed by atoms with Crippen molar-refractivity contribution < 1.29 is 26.4 Å². The lowest BCUT2D eigenvalue weighted by Crippen LogP contribution is -2.11. The van der Waals surface area contributed by atoms with E-state index in [0.29, 0.717) is 29.5 Å². The van der Waals surface area contributed by atoms with E-state index >= 15 is 0 Å². The van der Waals surface area contributed by atoms with Crippen molar-refractivity contribution >= 4 is 93.4 Å². The van der Waals surface area contributed by atoms with Crippen LogP contribution in [-0.4, -0.2) is 29.4 Å². The van der Waals surface area contributed by atoms with Gasteiger partial charge in [-0.2, -0.15) is 0 Å². The number of carbonyl (C=O) groups is 1. The van der Waals surface area contributed by atoms with Crippen LogP contribution >= 0.6 is 45.9 Å². The fraction of sp³-hybridized carbons (Fsp3) is 0.242. The maximum atomic E-state index is 12.5. The molecule has 0 amide bonds. The van der Waals surface area contributed by atoms with Gasteiger partial charge in [0.1, 0.15) is 12.8 Å². The van der Waals surface area contributed by atoms with Crippen molar-refractivity contribution in [3.63, 3.8) is 0 Å². The first-order valence-corrected chi connectivity index (χ1v) is 20.0. The normalized spacial score (nSPS) is 11.8. The number of nitrogens with one attached hydrogen (secondary N) is 2. The van der Waals surface area contributed by atoms with E-state index in [9.17, 15) is 21.6 Å². The summed E-state index contributed by atoms with van der Waals surface area (Å²) in [5.74, 6) is 0.0157. The standard InChI is InChI=1S/C17H15NO4S2.C14H15Cl2NO2S2.C2H6/c1-2-22-17(19)12-7-9-14(10-8-12)18-24(20,21)16-11-13-5-3-4-6-15(13)23-16;1-3-9(2)10-4-6-11(7-5-10)17-21(18,19)13-8-12(15)14(16)20-13;1-2/h3-11,18H,2H2,1H3;4-9,17H,3H2,1-2H3;1-2H3. The lowest BCUT2D eigenvalue weighted by atomic mass is 9.99. The zero-order valence-corrected chi connectivity index (χ0v) is 31.2. The highest BCUT2D eigenvalue weighted by molar-refractivity contribution is 7.95. The monoisotopic (exact) mass is 754 g/mol. The topological polar surface area (TPSA) is 119 Å². The van der Waals surface area contributed by atoms with E-state index in [0.717, 1.165) is 27.8 Å². The minimum Gasteiger partial charge on any atom is -0.462 e. The molecule has 0 radical (unpaired) electrons. The van der Waals surface area contributed by atoms with Crippen LogP contribution in [0.3, 0.4) is 0 Å². The van der Waals surface area contributed by atoms with E-state index < -0.39 is 26.0 Å². The molecule has 0 aliphatic carbocycles. The highest BCUT2D eigenvalue weighted by Crippen LogP contribution is 2.35. The van der Waals surface area contributed by atoms with Gasteiger partial charge in [-0.05, 0) is 84.8 Å². The molecular formula is C33H36Cl2N2O6S4. The zero-order chi connectivity index (χ0) is 34.8. The second-order valence-electron chi connectivity index (χ2n) is 9.73. The molecule has 0 aliphatic heterocycles. The number of thiophene rings is 2. The molecule has 0 spiro atoms. The number of hydrogen-bond donors (Lipinski definition) is 2. The molecule has 5 aromatic rings. The third-order valence-corrected chi connectivity index (χ3v) is 13.2. The van der Waals surface area contributed by atoms with Crippen molar-refractivity contribution in [1.29, 1.82) is 0 Å². The van der Waals surface area contributed by atoms with E-state index in [2.05, 4.69) is 23.3 Å². The lowest BCUT2D eigenvalue weighted by molar-refractivity contribution is 0.0526. The summed E-state index contributed by atoms with van der Waals surface area (Å²) in [5, 5.41) is 1.13. The fourth-order valence-electron chi connectivity index (χ4n) is 3.96. The number of carbonyl (C=O) groups excluding carboxylic acids is 1. The van der Waals surface area contributed by atoms with E-state index in [1.807, 2.05) is 50.2 Å². The van der Waals surface area contributed by atoms with Crippen LogP contribution in [-0.2, 0) is 24.8 Å². The van der Waals surface area contributed by atoms with Crippen molar-refractivity contribution in [2.75, 3.05) is 16.1 Å². The Hall–Kier alpha value is -3.13. The summed E-state index contributed by atoms with van der Waals surface area (Å²) in [6, 6.07) is 24.0. The highest BCUT2D eigenvalue weighted by Gasteiger charge is 2.20. The zero-order valence-electron chi connectivity index (χ0n) is 26.4. The Balaban J connectivity index is 0.000000245. The van der Waals surface area contributed by atoms with Gasteiger partial charge in [0, 0.05) is 16.1 Å². The molecule has 0 saturated carbocycles. The number of ether oxygens (including phenoxy) is 1. The summed E-state index contributed by atoms with van der Waals surface area (Å²) in [5.41, 5.74) is 2.47. The van der Waals surface area contributed by atoms with Gasteiger partial charge in [-0.25, -0.2) is 21.6 Å². The van der Waals surface area contributed by atoms with E-state index in [1.165, 1.54) is 47.2 Å². The maximum absolute atomic E-state index is 12.5. The van der Waals surface area contributed by atoms with Gasteiger partial charge < -0.3 is 4.74 Å². The number of esters is 1. The number of rotatable bonds is 10. The summed E-state index contributed by atoms with van der Waals surface area (Å²) in [6.07, 6.45) is 1.04. The van der Waals surface area contributed by atoms with Crippen molar-refractivity contribution in [3.8, 4) is 0 Å². The van der Waals surface area contributed by atoms with E-state index in [4.69, 9.17) is 27.9 Å². The molecule has 0 aliphatic rings. The number of benzene rings is 3. The highest BCUT2D eigenvalue weighted by atomic mass is 35.5. The van der Waals surface area contributed by atoms with Crippen LogP contribution in [0.5, 0.6) is 0 Å². The Kier molecular flexibility index (Phi) is 14.1. The van der Waals surface area contributed by atoms with E-state index in [1.54, 1.807) is 25.1 Å². The quantitative estimate of drug-likeness (QED) is 0.137. The van der Waals surface area contributed by atoms with Crippen molar-refractivity contribution in [1.82, 2.24) is 0 Å². The molecule has 0 saturated heterocycles. The Morgan fingerprint density at radius 2 is 1.32 bits per heavy atom. The van der Waals surface area contributed by atoms with Crippen LogP contribution in [0, 0.1) is 0 Å². The summed E-state index contributed by atoms with van der Waals surface area (Å²) >= 11 is 13.7. The predicted octanol–water partition coefficient (Wildman–Crippen LogP) is 10.3. The number of halogens is 2. The average Bonchev–Trinajstić information content (AvgIpc) is 3.66. The Bertz CT molecular complexity index is 1940. The van der Waals surface area contributed by atoms with Gasteiger partial charge in [-0.15, -0.1) is 22.7 Å². The van der Waals surface area contributed by atoms with Crippen LogP contribution < -0.4 is 9.44 Å².